The van der Waals surface area contributed by atoms with Crippen LogP contribution >= 0.6 is 0 Å². The van der Waals surface area contributed by atoms with Crippen LogP contribution in [0.5, 0.6) is 5.75 Å². The first-order valence-electron chi connectivity index (χ1n) is 9.05. The van der Waals surface area contributed by atoms with Gasteiger partial charge in [-0.15, -0.1) is 0 Å². The van der Waals surface area contributed by atoms with Gasteiger partial charge in [-0.2, -0.15) is 0 Å². The maximum atomic E-state index is 12.8. The summed E-state index contributed by atoms with van der Waals surface area (Å²) in [5, 5.41) is 6.24. The van der Waals surface area contributed by atoms with Crippen LogP contribution < -0.4 is 10.1 Å². The summed E-state index contributed by atoms with van der Waals surface area (Å²) in [6, 6.07) is 21.5. The number of hydrogen-bond donors (Lipinski definition) is 1. The van der Waals surface area contributed by atoms with E-state index in [9.17, 15) is 4.79 Å². The van der Waals surface area contributed by atoms with Crippen molar-refractivity contribution in [3.05, 3.63) is 78.1 Å². The zero-order valence-corrected chi connectivity index (χ0v) is 15.4. The second-order valence-corrected chi connectivity index (χ2v) is 6.52. The normalized spacial score (nSPS) is 12.2. The Labute approximate surface area is 157 Å². The van der Waals surface area contributed by atoms with Gasteiger partial charge in [0, 0.05) is 5.39 Å². The summed E-state index contributed by atoms with van der Waals surface area (Å²) in [4.78, 5) is 12.8. The maximum absolute atomic E-state index is 12.8. The Morgan fingerprint density at radius 2 is 1.81 bits per heavy atom. The molecule has 4 heteroatoms. The highest BCUT2D eigenvalue weighted by atomic mass is 16.5. The van der Waals surface area contributed by atoms with Crippen LogP contribution in [0.15, 0.2) is 71.1 Å². The van der Waals surface area contributed by atoms with Gasteiger partial charge in [0.05, 0.1) is 13.2 Å². The molecule has 0 fully saturated rings. The Morgan fingerprint density at radius 3 is 2.56 bits per heavy atom. The van der Waals surface area contributed by atoms with E-state index in [1.54, 1.807) is 7.11 Å². The van der Waals surface area contributed by atoms with Crippen LogP contribution in [0.4, 0.5) is 0 Å². The summed E-state index contributed by atoms with van der Waals surface area (Å²) in [5.74, 6) is 0.912. The minimum absolute atomic E-state index is 0.0895. The predicted octanol–water partition coefficient (Wildman–Crippen LogP) is 5.48. The SMILES string of the molecule is CCC(NC(=O)c1cc2c(ccc3ccccc32)o1)c1ccc(OC)cc1. The Bertz CT molecular complexity index is 1100. The highest BCUT2D eigenvalue weighted by molar-refractivity contribution is 6.08. The van der Waals surface area contributed by atoms with Crippen LogP contribution in [0, 0.1) is 0 Å². The van der Waals surface area contributed by atoms with Gasteiger partial charge < -0.3 is 14.5 Å². The van der Waals surface area contributed by atoms with E-state index in [0.717, 1.165) is 39.5 Å². The molecule has 4 rings (SSSR count). The van der Waals surface area contributed by atoms with Crippen LogP contribution in [-0.4, -0.2) is 13.0 Å². The van der Waals surface area contributed by atoms with Crippen molar-refractivity contribution in [1.29, 1.82) is 0 Å². The van der Waals surface area contributed by atoms with Gasteiger partial charge in [0.15, 0.2) is 5.76 Å². The zero-order valence-electron chi connectivity index (χ0n) is 15.4. The zero-order chi connectivity index (χ0) is 18.8. The number of carbonyl (C=O) groups is 1. The van der Waals surface area contributed by atoms with E-state index >= 15 is 0 Å². The van der Waals surface area contributed by atoms with Crippen molar-refractivity contribution in [2.24, 2.45) is 0 Å². The third-order valence-electron chi connectivity index (χ3n) is 4.88. The van der Waals surface area contributed by atoms with E-state index in [0.29, 0.717) is 5.76 Å². The van der Waals surface area contributed by atoms with Gasteiger partial charge in [-0.25, -0.2) is 0 Å². The summed E-state index contributed by atoms with van der Waals surface area (Å²) in [5.41, 5.74) is 1.75. The van der Waals surface area contributed by atoms with E-state index < -0.39 is 0 Å². The highest BCUT2D eigenvalue weighted by Crippen LogP contribution is 2.28. The van der Waals surface area contributed by atoms with E-state index in [2.05, 4.69) is 11.4 Å². The molecule has 0 aliphatic rings. The average Bonchev–Trinajstić information content (AvgIpc) is 3.17. The molecule has 1 amide bonds. The summed E-state index contributed by atoms with van der Waals surface area (Å²) >= 11 is 0. The maximum Gasteiger partial charge on any atom is 0.287 e. The van der Waals surface area contributed by atoms with Gasteiger partial charge in [0.2, 0.25) is 0 Å². The van der Waals surface area contributed by atoms with E-state index in [1.807, 2.05) is 67.6 Å². The predicted molar refractivity (Wildman–Crippen MR) is 107 cm³/mol. The molecule has 0 spiro atoms. The molecule has 0 saturated heterocycles. The number of rotatable bonds is 5. The number of hydrogen-bond acceptors (Lipinski definition) is 3. The van der Waals surface area contributed by atoms with Gasteiger partial charge in [0.25, 0.3) is 5.91 Å². The van der Waals surface area contributed by atoms with Crippen molar-refractivity contribution in [1.82, 2.24) is 5.32 Å². The molecule has 4 nitrogen and oxygen atoms in total. The first-order valence-corrected chi connectivity index (χ1v) is 9.05. The quantitative estimate of drug-likeness (QED) is 0.514. The fraction of sp³-hybridized carbons (Fsp3) is 0.174. The lowest BCUT2D eigenvalue weighted by atomic mass is 10.0. The fourth-order valence-electron chi connectivity index (χ4n) is 3.39. The number of amides is 1. The largest absolute Gasteiger partial charge is 0.497 e. The molecule has 136 valence electrons. The van der Waals surface area contributed by atoms with Crippen molar-refractivity contribution in [2.45, 2.75) is 19.4 Å². The lowest BCUT2D eigenvalue weighted by molar-refractivity contribution is 0.0909. The first kappa shape index (κ1) is 17.2. The highest BCUT2D eigenvalue weighted by Gasteiger charge is 2.18. The van der Waals surface area contributed by atoms with Crippen LogP contribution in [0.2, 0.25) is 0 Å². The first-order chi connectivity index (χ1) is 13.2. The molecule has 3 aromatic carbocycles. The molecule has 4 aromatic rings. The van der Waals surface area contributed by atoms with Gasteiger partial charge in [-0.3, -0.25) is 4.79 Å². The molecule has 0 aliphatic heterocycles. The van der Waals surface area contributed by atoms with Crippen LogP contribution in [0.3, 0.4) is 0 Å². The van der Waals surface area contributed by atoms with Crippen molar-refractivity contribution < 1.29 is 13.9 Å². The number of fused-ring (bicyclic) bond motifs is 3. The van der Waals surface area contributed by atoms with Crippen molar-refractivity contribution in [3.8, 4) is 5.75 Å². The molecular weight excluding hydrogens is 338 g/mol. The van der Waals surface area contributed by atoms with Gasteiger partial charge in [0.1, 0.15) is 11.3 Å². The second-order valence-electron chi connectivity index (χ2n) is 6.52. The van der Waals surface area contributed by atoms with Crippen LogP contribution in [0.25, 0.3) is 21.7 Å². The van der Waals surface area contributed by atoms with Crippen LogP contribution in [-0.2, 0) is 0 Å². The Hall–Kier alpha value is -3.27. The van der Waals surface area contributed by atoms with Gasteiger partial charge in [-0.1, -0.05) is 49.4 Å². The summed E-state index contributed by atoms with van der Waals surface area (Å²) in [6.45, 7) is 2.04. The number of ether oxygens (including phenoxy) is 1. The molecule has 27 heavy (non-hydrogen) atoms. The smallest absolute Gasteiger partial charge is 0.287 e. The Balaban J connectivity index is 1.62. The molecule has 0 radical (unpaired) electrons. The van der Waals surface area contributed by atoms with E-state index in [1.165, 1.54) is 0 Å². The number of benzene rings is 3. The number of furan rings is 1. The lowest BCUT2D eigenvalue weighted by Gasteiger charge is -2.17. The molecule has 1 aromatic heterocycles. The molecule has 0 saturated carbocycles. The minimum atomic E-state index is -0.210. The van der Waals surface area contributed by atoms with Crippen molar-refractivity contribution >= 4 is 27.6 Å². The lowest BCUT2D eigenvalue weighted by Crippen LogP contribution is -2.27. The number of carbonyl (C=O) groups excluding carboxylic acids is 1. The Morgan fingerprint density at radius 1 is 1.04 bits per heavy atom. The second kappa shape index (κ2) is 7.16. The fourth-order valence-corrected chi connectivity index (χ4v) is 3.39. The third kappa shape index (κ3) is 3.26. The number of methoxy groups -OCH3 is 1. The molecular formula is C23H21NO3. The number of nitrogens with one attached hydrogen (secondary N) is 1. The standard InChI is InChI=1S/C23H21NO3/c1-3-20(16-8-11-17(26-2)12-9-16)24-23(25)22-14-19-18-7-5-4-6-15(18)10-13-21(19)27-22/h4-14,20H,3H2,1-2H3,(H,24,25). The molecule has 1 N–H and O–H groups in total. The monoisotopic (exact) mass is 359 g/mol. The molecule has 0 aliphatic carbocycles. The van der Waals surface area contributed by atoms with E-state index in [4.69, 9.17) is 9.15 Å². The van der Waals surface area contributed by atoms with Gasteiger partial charge >= 0.3 is 0 Å². The average molecular weight is 359 g/mol. The van der Waals surface area contributed by atoms with Gasteiger partial charge in [-0.05, 0) is 47.0 Å². The Kier molecular flexibility index (Phi) is 4.55. The summed E-state index contributed by atoms with van der Waals surface area (Å²) < 4.78 is 11.0. The van der Waals surface area contributed by atoms with Crippen molar-refractivity contribution in [3.63, 3.8) is 0 Å². The van der Waals surface area contributed by atoms with Crippen LogP contribution in [0.1, 0.15) is 35.5 Å². The third-order valence-corrected chi connectivity index (χ3v) is 4.88. The summed E-state index contributed by atoms with van der Waals surface area (Å²) in [6.07, 6.45) is 0.779. The molecule has 1 heterocycles. The molecule has 1 atom stereocenters. The topological polar surface area (TPSA) is 51.5 Å². The molecule has 1 unspecified atom stereocenters. The van der Waals surface area contributed by atoms with E-state index in [-0.39, 0.29) is 11.9 Å². The summed E-state index contributed by atoms with van der Waals surface area (Å²) in [7, 11) is 1.64. The van der Waals surface area contributed by atoms with Crippen molar-refractivity contribution in [2.75, 3.05) is 7.11 Å². The molecule has 0 bridgehead atoms. The minimum Gasteiger partial charge on any atom is -0.497 e.